The molecule has 2 aliphatic carbocycles. The predicted octanol–water partition coefficient (Wildman–Crippen LogP) is 9.25. The average Bonchev–Trinajstić information content (AvgIpc) is 2.82. The van der Waals surface area contributed by atoms with Crippen LogP contribution in [0, 0.1) is 29.6 Å². The lowest BCUT2D eigenvalue weighted by Gasteiger charge is -2.26. The van der Waals surface area contributed by atoms with Gasteiger partial charge in [-0.15, -0.1) is 0 Å². The van der Waals surface area contributed by atoms with E-state index < -0.39 is 0 Å². The molecule has 0 amide bonds. The van der Waals surface area contributed by atoms with Crippen molar-refractivity contribution in [2.75, 3.05) is 0 Å². The molecule has 0 nitrogen and oxygen atoms in total. The minimum absolute atomic E-state index is 0.610. The van der Waals surface area contributed by atoms with Gasteiger partial charge in [-0.3, -0.25) is 0 Å². The number of unbranched alkanes of at least 4 members (excludes halogenated alkanes) is 3. The summed E-state index contributed by atoms with van der Waals surface area (Å²) in [4.78, 5) is 0. The molecule has 2 fully saturated rings. The molecule has 0 atom stereocenters. The highest BCUT2D eigenvalue weighted by Gasteiger charge is 2.21. The van der Waals surface area contributed by atoms with Gasteiger partial charge in [0.15, 0.2) is 0 Å². The molecule has 0 spiro atoms. The van der Waals surface area contributed by atoms with E-state index in [-0.39, 0.29) is 0 Å². The summed E-state index contributed by atoms with van der Waals surface area (Å²) in [5.74, 6) is 10.1. The summed E-state index contributed by atoms with van der Waals surface area (Å²) in [5, 5.41) is 0. The fourth-order valence-corrected chi connectivity index (χ4v) is 5.61. The van der Waals surface area contributed by atoms with Gasteiger partial charge in [0, 0.05) is 5.92 Å². The second kappa shape index (κ2) is 13.8. The van der Waals surface area contributed by atoms with Crippen molar-refractivity contribution in [1.29, 1.82) is 0 Å². The van der Waals surface area contributed by atoms with Crippen LogP contribution in [0.2, 0.25) is 0 Å². The van der Waals surface area contributed by atoms with Crippen molar-refractivity contribution in [1.82, 2.24) is 0 Å². The van der Waals surface area contributed by atoms with Crippen molar-refractivity contribution >= 4 is 0 Å². The van der Waals surface area contributed by atoms with E-state index in [1.54, 1.807) is 5.56 Å². The lowest BCUT2D eigenvalue weighted by Crippen LogP contribution is -2.13. The van der Waals surface area contributed by atoms with Crippen LogP contribution in [0.15, 0.2) is 36.4 Å². The van der Waals surface area contributed by atoms with Crippen molar-refractivity contribution in [3.05, 3.63) is 47.5 Å². The second-order valence-electron chi connectivity index (χ2n) is 10.3. The first-order chi connectivity index (χ1) is 15.3. The molecule has 0 heteroatoms. The Morgan fingerprint density at radius 1 is 0.806 bits per heavy atom. The molecule has 170 valence electrons. The van der Waals surface area contributed by atoms with Gasteiger partial charge in [0.2, 0.25) is 0 Å². The first kappa shape index (κ1) is 24.2. The van der Waals surface area contributed by atoms with E-state index in [4.69, 9.17) is 0 Å². The zero-order chi connectivity index (χ0) is 21.7. The zero-order valence-electron chi connectivity index (χ0n) is 20.4. The van der Waals surface area contributed by atoms with Gasteiger partial charge in [-0.1, -0.05) is 88.1 Å². The smallest absolute Gasteiger partial charge is 0.0206 e. The van der Waals surface area contributed by atoms with E-state index >= 15 is 0 Å². The first-order valence-corrected chi connectivity index (χ1v) is 13.5. The number of rotatable bonds is 9. The summed E-state index contributed by atoms with van der Waals surface area (Å²) in [7, 11) is 0. The molecule has 0 aliphatic heterocycles. The van der Waals surface area contributed by atoms with Gasteiger partial charge in [-0.25, -0.2) is 0 Å². The zero-order valence-corrected chi connectivity index (χ0v) is 20.4. The number of aryl methyl sites for hydroxylation is 1. The van der Waals surface area contributed by atoms with Crippen LogP contribution in [-0.4, -0.2) is 0 Å². The molecular formula is C31H46. The van der Waals surface area contributed by atoms with Crippen LogP contribution in [0.1, 0.15) is 121 Å². The number of hydrogen-bond donors (Lipinski definition) is 0. The molecule has 0 bridgehead atoms. The summed E-state index contributed by atoms with van der Waals surface area (Å²) in [6, 6.07) is 9.51. The van der Waals surface area contributed by atoms with Crippen molar-refractivity contribution in [3.63, 3.8) is 0 Å². The third kappa shape index (κ3) is 8.52. The van der Waals surface area contributed by atoms with Gasteiger partial charge >= 0.3 is 0 Å². The average molecular weight is 419 g/mol. The number of hydrogen-bond acceptors (Lipinski definition) is 0. The maximum absolute atomic E-state index is 3.57. The van der Waals surface area contributed by atoms with Crippen molar-refractivity contribution in [3.8, 4) is 11.8 Å². The van der Waals surface area contributed by atoms with E-state index in [9.17, 15) is 0 Å². The summed E-state index contributed by atoms with van der Waals surface area (Å²) in [6.07, 6.45) is 24.9. The molecule has 0 N–H and O–H groups in total. The Morgan fingerprint density at radius 2 is 1.52 bits per heavy atom. The molecular weight excluding hydrogens is 372 g/mol. The van der Waals surface area contributed by atoms with Crippen molar-refractivity contribution < 1.29 is 0 Å². The van der Waals surface area contributed by atoms with Crippen LogP contribution in [-0.2, 0) is 6.42 Å². The SMILES string of the molecule is CCCCC[C@H]1CC[C@H](/C=C/C#C[C@H]2CC[C@H](c3ccc(CCCC)cc3)CC2)CC1. The molecule has 0 aromatic heterocycles. The normalized spacial score (nSPS) is 26.5. The molecule has 3 rings (SSSR count). The van der Waals surface area contributed by atoms with Crippen molar-refractivity contribution in [2.24, 2.45) is 17.8 Å². The summed E-state index contributed by atoms with van der Waals surface area (Å²) >= 11 is 0. The Kier molecular flexibility index (Phi) is 10.8. The van der Waals surface area contributed by atoms with Gasteiger partial charge < -0.3 is 0 Å². The molecule has 2 aliphatic rings. The van der Waals surface area contributed by atoms with E-state index in [0.717, 1.165) is 17.8 Å². The van der Waals surface area contributed by atoms with E-state index in [1.165, 1.54) is 102 Å². The quantitative estimate of drug-likeness (QED) is 0.277. The second-order valence-corrected chi connectivity index (χ2v) is 10.3. The maximum atomic E-state index is 3.57. The molecule has 0 radical (unpaired) electrons. The van der Waals surface area contributed by atoms with Crippen LogP contribution in [0.3, 0.4) is 0 Å². The fraction of sp³-hybridized carbons (Fsp3) is 0.677. The molecule has 0 heterocycles. The number of allylic oxidation sites excluding steroid dienone is 2. The molecule has 1 aromatic carbocycles. The molecule has 0 unspecified atom stereocenters. The molecule has 2 saturated carbocycles. The first-order valence-electron chi connectivity index (χ1n) is 13.5. The largest absolute Gasteiger partial charge is 0.0951 e. The Labute approximate surface area is 193 Å². The van der Waals surface area contributed by atoms with Gasteiger partial charge in [0.25, 0.3) is 0 Å². The van der Waals surface area contributed by atoms with Crippen LogP contribution in [0.4, 0.5) is 0 Å². The Balaban J connectivity index is 1.34. The van der Waals surface area contributed by atoms with Crippen LogP contribution < -0.4 is 0 Å². The van der Waals surface area contributed by atoms with Gasteiger partial charge in [0.1, 0.15) is 0 Å². The summed E-state index contributed by atoms with van der Waals surface area (Å²) in [5.41, 5.74) is 3.05. The van der Waals surface area contributed by atoms with Gasteiger partial charge in [0.05, 0.1) is 0 Å². The summed E-state index contributed by atoms with van der Waals surface area (Å²) in [6.45, 7) is 4.58. The van der Waals surface area contributed by atoms with Gasteiger partial charge in [-0.2, -0.15) is 0 Å². The van der Waals surface area contributed by atoms with E-state index in [2.05, 4.69) is 62.1 Å². The topological polar surface area (TPSA) is 0 Å². The summed E-state index contributed by atoms with van der Waals surface area (Å²) < 4.78 is 0. The van der Waals surface area contributed by atoms with Gasteiger partial charge in [-0.05, 0) is 99.2 Å². The molecule has 31 heavy (non-hydrogen) atoms. The van der Waals surface area contributed by atoms with Crippen LogP contribution >= 0.6 is 0 Å². The fourth-order valence-electron chi connectivity index (χ4n) is 5.61. The predicted molar refractivity (Wildman–Crippen MR) is 136 cm³/mol. The van der Waals surface area contributed by atoms with Crippen molar-refractivity contribution in [2.45, 2.75) is 116 Å². The third-order valence-electron chi connectivity index (χ3n) is 7.84. The highest BCUT2D eigenvalue weighted by molar-refractivity contribution is 5.26. The highest BCUT2D eigenvalue weighted by Crippen LogP contribution is 2.36. The highest BCUT2D eigenvalue weighted by atomic mass is 14.3. The monoisotopic (exact) mass is 418 g/mol. The lowest BCUT2D eigenvalue weighted by molar-refractivity contribution is 0.289. The lowest BCUT2D eigenvalue weighted by atomic mass is 9.78. The number of benzene rings is 1. The Bertz CT molecular complexity index is 682. The van der Waals surface area contributed by atoms with Crippen LogP contribution in [0.25, 0.3) is 0 Å². The minimum atomic E-state index is 0.610. The molecule has 0 saturated heterocycles. The minimum Gasteiger partial charge on any atom is -0.0951 e. The van der Waals surface area contributed by atoms with E-state index in [0.29, 0.717) is 5.92 Å². The third-order valence-corrected chi connectivity index (χ3v) is 7.84. The maximum Gasteiger partial charge on any atom is 0.0206 e. The standard InChI is InChI=1S/C31H46/c1-3-5-7-11-27-14-16-28(17-15-27)12-8-9-13-29-20-24-31(25-21-29)30-22-18-26(19-23-30)10-6-4-2/h8,12,18-19,22-23,27-29,31H,3-7,10-11,14-17,20-21,24-25H2,1-2H3/b12-8+/t27-,28-,29-,31-. The Hall–Kier alpha value is -1.48. The molecule has 1 aromatic rings. The Morgan fingerprint density at radius 3 is 2.19 bits per heavy atom. The van der Waals surface area contributed by atoms with E-state index in [1.807, 2.05) is 0 Å². The van der Waals surface area contributed by atoms with Crippen LogP contribution in [0.5, 0.6) is 0 Å².